The van der Waals surface area contributed by atoms with E-state index in [0.717, 1.165) is 11.3 Å². The van der Waals surface area contributed by atoms with Crippen molar-refractivity contribution in [2.24, 2.45) is 0 Å². The number of rotatable bonds is 7. The van der Waals surface area contributed by atoms with Gasteiger partial charge >= 0.3 is 5.63 Å². The fourth-order valence-electron chi connectivity index (χ4n) is 3.01. The lowest BCUT2D eigenvalue weighted by atomic mass is 10.1. The van der Waals surface area contributed by atoms with Crippen LogP contribution >= 0.6 is 0 Å². The summed E-state index contributed by atoms with van der Waals surface area (Å²) in [7, 11) is 3.20. The molecule has 7 heteroatoms. The van der Waals surface area contributed by atoms with Crippen LogP contribution in [0.5, 0.6) is 17.2 Å². The molecule has 1 saturated heterocycles. The van der Waals surface area contributed by atoms with Crippen LogP contribution in [-0.2, 0) is 11.2 Å². The molecule has 1 fully saturated rings. The summed E-state index contributed by atoms with van der Waals surface area (Å²) in [5, 5.41) is 0. The van der Waals surface area contributed by atoms with E-state index >= 15 is 0 Å². The quantitative estimate of drug-likeness (QED) is 0.740. The largest absolute Gasteiger partial charge is 0.497 e. The predicted molar refractivity (Wildman–Crippen MR) is 98.6 cm³/mol. The minimum Gasteiger partial charge on any atom is -0.497 e. The molecule has 0 N–H and O–H groups in total. The zero-order valence-corrected chi connectivity index (χ0v) is 15.7. The van der Waals surface area contributed by atoms with Crippen LogP contribution in [0.2, 0.25) is 0 Å². The van der Waals surface area contributed by atoms with Crippen LogP contribution in [-0.4, -0.2) is 44.2 Å². The zero-order valence-electron chi connectivity index (χ0n) is 15.7. The van der Waals surface area contributed by atoms with Crippen LogP contribution < -0.4 is 19.8 Å². The summed E-state index contributed by atoms with van der Waals surface area (Å²) in [4.78, 5) is 25.5. The van der Waals surface area contributed by atoms with Crippen molar-refractivity contribution in [1.82, 2.24) is 4.90 Å². The van der Waals surface area contributed by atoms with Gasteiger partial charge in [-0.2, -0.15) is 0 Å². The summed E-state index contributed by atoms with van der Waals surface area (Å²) in [5.74, 6) is 2.47. The normalized spacial score (nSPS) is 13.8. The molecule has 0 unspecified atom stereocenters. The van der Waals surface area contributed by atoms with Crippen molar-refractivity contribution in [3.63, 3.8) is 0 Å². The van der Waals surface area contributed by atoms with Crippen molar-refractivity contribution in [3.8, 4) is 17.2 Å². The second kappa shape index (κ2) is 8.16. The predicted octanol–water partition coefficient (Wildman–Crippen LogP) is 2.19. The monoisotopic (exact) mass is 373 g/mol. The highest BCUT2D eigenvalue weighted by atomic mass is 16.5. The topological polar surface area (TPSA) is 78.2 Å². The summed E-state index contributed by atoms with van der Waals surface area (Å²) < 4.78 is 21.2. The van der Waals surface area contributed by atoms with Gasteiger partial charge in [-0.1, -0.05) is 6.07 Å². The Morgan fingerprint density at radius 2 is 1.93 bits per heavy atom. The van der Waals surface area contributed by atoms with Crippen molar-refractivity contribution >= 4 is 5.91 Å². The minimum atomic E-state index is -0.439. The number of benzene rings is 1. The summed E-state index contributed by atoms with van der Waals surface area (Å²) in [6.45, 7) is 2.72. The molecule has 1 aromatic heterocycles. The highest BCUT2D eigenvalue weighted by Crippen LogP contribution is 2.26. The third-order valence-corrected chi connectivity index (χ3v) is 4.47. The number of hydrogen-bond donors (Lipinski definition) is 0. The molecule has 0 spiro atoms. The van der Waals surface area contributed by atoms with Gasteiger partial charge in [0.05, 0.1) is 33.4 Å². The molecule has 0 bridgehead atoms. The Morgan fingerprint density at radius 1 is 1.15 bits per heavy atom. The molecule has 0 saturated carbocycles. The van der Waals surface area contributed by atoms with Crippen LogP contribution in [0, 0.1) is 6.92 Å². The van der Waals surface area contributed by atoms with Gasteiger partial charge in [-0.15, -0.1) is 0 Å². The summed E-state index contributed by atoms with van der Waals surface area (Å²) in [6, 6.07) is 8.56. The number of hydrogen-bond acceptors (Lipinski definition) is 6. The van der Waals surface area contributed by atoms with Crippen LogP contribution in [0.15, 0.2) is 39.5 Å². The molecular formula is C20H23NO6. The molecule has 7 nitrogen and oxygen atoms in total. The Labute approximate surface area is 157 Å². The van der Waals surface area contributed by atoms with Crippen LogP contribution in [0.1, 0.15) is 17.7 Å². The van der Waals surface area contributed by atoms with E-state index in [1.54, 1.807) is 32.1 Å². The van der Waals surface area contributed by atoms with Gasteiger partial charge in [0.15, 0.2) is 0 Å². The number of aryl methyl sites for hydroxylation is 2. The third-order valence-electron chi connectivity index (χ3n) is 4.47. The Kier molecular flexibility index (Phi) is 5.69. The van der Waals surface area contributed by atoms with Crippen LogP contribution in [0.25, 0.3) is 0 Å². The van der Waals surface area contributed by atoms with E-state index in [1.165, 1.54) is 6.07 Å². The molecule has 1 aliphatic heterocycles. The van der Waals surface area contributed by atoms with E-state index in [4.69, 9.17) is 18.6 Å². The number of methoxy groups -OCH3 is 2. The van der Waals surface area contributed by atoms with Crippen molar-refractivity contribution in [2.45, 2.75) is 25.9 Å². The number of ether oxygens (including phenoxy) is 3. The summed E-state index contributed by atoms with van der Waals surface area (Å²) >= 11 is 0. The van der Waals surface area contributed by atoms with Gasteiger partial charge in [-0.05, 0) is 25.0 Å². The number of nitrogens with zero attached hydrogens (tertiary/aromatic N) is 1. The van der Waals surface area contributed by atoms with Crippen molar-refractivity contribution in [2.75, 3.05) is 27.3 Å². The smallest absolute Gasteiger partial charge is 0.339 e. The Bertz CT molecular complexity index is 869. The maximum Gasteiger partial charge on any atom is 0.339 e. The second-order valence-corrected chi connectivity index (χ2v) is 6.44. The SMILES string of the molecule is COc1ccc(CCC(=O)N2CC(Oc3cc(C)oc(=O)c3)C2)c(OC)c1. The van der Waals surface area contributed by atoms with E-state index in [9.17, 15) is 9.59 Å². The number of likely N-dealkylation sites (tertiary alicyclic amines) is 1. The standard InChI is InChI=1S/C20H23NO6/c1-13-8-16(10-20(23)26-13)27-17-11-21(12-17)19(22)7-5-14-4-6-15(24-2)9-18(14)25-3/h4,6,8-10,17H,5,7,11-12H2,1-3H3. The van der Waals surface area contributed by atoms with Gasteiger partial charge in [0, 0.05) is 18.6 Å². The van der Waals surface area contributed by atoms with E-state index in [-0.39, 0.29) is 12.0 Å². The first-order valence-corrected chi connectivity index (χ1v) is 8.75. The van der Waals surface area contributed by atoms with Gasteiger partial charge in [0.25, 0.3) is 0 Å². The third kappa shape index (κ3) is 4.61. The summed E-state index contributed by atoms with van der Waals surface area (Å²) in [6.07, 6.45) is 0.877. The molecule has 1 aromatic carbocycles. The lowest BCUT2D eigenvalue weighted by Crippen LogP contribution is -2.56. The van der Waals surface area contributed by atoms with E-state index in [1.807, 2.05) is 18.2 Å². The van der Waals surface area contributed by atoms with Gasteiger partial charge in [-0.25, -0.2) is 4.79 Å². The lowest BCUT2D eigenvalue weighted by Gasteiger charge is -2.39. The molecular weight excluding hydrogens is 350 g/mol. The molecule has 144 valence electrons. The average molecular weight is 373 g/mol. The second-order valence-electron chi connectivity index (χ2n) is 6.44. The fourth-order valence-corrected chi connectivity index (χ4v) is 3.01. The maximum atomic E-state index is 12.4. The number of carbonyl (C=O) groups excluding carboxylic acids is 1. The zero-order chi connectivity index (χ0) is 19.4. The Morgan fingerprint density at radius 3 is 2.59 bits per heavy atom. The van der Waals surface area contributed by atoms with Crippen molar-refractivity contribution in [1.29, 1.82) is 0 Å². The fraction of sp³-hybridized carbons (Fsp3) is 0.400. The maximum absolute atomic E-state index is 12.4. The van der Waals surface area contributed by atoms with E-state index in [0.29, 0.717) is 43.2 Å². The van der Waals surface area contributed by atoms with Gasteiger partial charge in [0.2, 0.25) is 5.91 Å². The number of amides is 1. The average Bonchev–Trinajstić information content (AvgIpc) is 2.61. The molecule has 0 atom stereocenters. The molecule has 3 rings (SSSR count). The highest BCUT2D eigenvalue weighted by Gasteiger charge is 2.32. The van der Waals surface area contributed by atoms with Gasteiger partial charge < -0.3 is 23.5 Å². The molecule has 0 aliphatic carbocycles. The first kappa shape index (κ1) is 18.8. The lowest BCUT2D eigenvalue weighted by molar-refractivity contribution is -0.139. The summed E-state index contributed by atoms with van der Waals surface area (Å²) in [5.41, 5.74) is 0.525. The Hall–Kier alpha value is -2.96. The van der Waals surface area contributed by atoms with Gasteiger partial charge in [0.1, 0.15) is 29.1 Å². The first-order valence-electron chi connectivity index (χ1n) is 8.75. The molecule has 1 aliphatic rings. The first-order chi connectivity index (χ1) is 13.0. The number of carbonyl (C=O) groups is 1. The minimum absolute atomic E-state index is 0.0662. The molecule has 2 heterocycles. The highest BCUT2D eigenvalue weighted by molar-refractivity contribution is 5.77. The van der Waals surface area contributed by atoms with Crippen LogP contribution in [0.3, 0.4) is 0 Å². The van der Waals surface area contributed by atoms with Gasteiger partial charge in [-0.3, -0.25) is 4.79 Å². The molecule has 2 aromatic rings. The van der Waals surface area contributed by atoms with Crippen molar-refractivity contribution < 1.29 is 23.4 Å². The Balaban J connectivity index is 1.49. The van der Waals surface area contributed by atoms with E-state index in [2.05, 4.69) is 0 Å². The molecule has 0 radical (unpaired) electrons. The van der Waals surface area contributed by atoms with E-state index < -0.39 is 5.63 Å². The van der Waals surface area contributed by atoms with Crippen molar-refractivity contribution in [3.05, 3.63) is 52.1 Å². The molecule has 27 heavy (non-hydrogen) atoms. The van der Waals surface area contributed by atoms with Crippen LogP contribution in [0.4, 0.5) is 0 Å². The molecule has 1 amide bonds.